The summed E-state index contributed by atoms with van der Waals surface area (Å²) in [6.45, 7) is 1.84. The first kappa shape index (κ1) is 12.4. The molecule has 1 fully saturated rings. The molecule has 1 aliphatic heterocycles. The zero-order valence-corrected chi connectivity index (χ0v) is 11.4. The number of pyridine rings is 1. The van der Waals surface area contributed by atoms with Gasteiger partial charge in [-0.05, 0) is 31.5 Å². The fourth-order valence-corrected chi connectivity index (χ4v) is 3.44. The number of hydrogen-bond donors (Lipinski definition) is 0. The highest BCUT2D eigenvalue weighted by atomic mass is 16.1. The topological polar surface area (TPSA) is 49.0 Å². The van der Waals surface area contributed by atoms with Gasteiger partial charge >= 0.3 is 0 Å². The van der Waals surface area contributed by atoms with Gasteiger partial charge in [-0.1, -0.05) is 12.8 Å². The lowest BCUT2D eigenvalue weighted by Crippen LogP contribution is -2.36. The van der Waals surface area contributed by atoms with Crippen molar-refractivity contribution >= 4 is 0 Å². The first-order valence-electron chi connectivity index (χ1n) is 7.06. The Hall–Kier alpha value is -1.60. The van der Waals surface area contributed by atoms with Crippen molar-refractivity contribution < 1.29 is 0 Å². The molecular weight excluding hydrogens is 238 g/mol. The summed E-state index contributed by atoms with van der Waals surface area (Å²) in [6.07, 6.45) is 5.47. The van der Waals surface area contributed by atoms with Gasteiger partial charge in [0.05, 0.1) is 0 Å². The van der Waals surface area contributed by atoms with E-state index in [1.807, 2.05) is 4.57 Å². The van der Waals surface area contributed by atoms with E-state index in [9.17, 15) is 10.1 Å². The third-order valence-corrected chi connectivity index (χ3v) is 4.41. The lowest BCUT2D eigenvalue weighted by molar-refractivity contribution is 0.299. The number of nitrogens with zero attached hydrogens (tertiary/aromatic N) is 3. The van der Waals surface area contributed by atoms with E-state index in [1.165, 1.54) is 18.5 Å². The zero-order valence-electron chi connectivity index (χ0n) is 11.4. The van der Waals surface area contributed by atoms with Crippen LogP contribution in [0.4, 0.5) is 0 Å². The number of likely N-dealkylation sites (N-methyl/N-ethyl adjacent to an activating group) is 1. The van der Waals surface area contributed by atoms with Crippen LogP contribution in [0.5, 0.6) is 0 Å². The minimum Gasteiger partial charge on any atom is -0.308 e. The minimum absolute atomic E-state index is 0.0716. The Morgan fingerprint density at radius 1 is 1.37 bits per heavy atom. The molecule has 1 aliphatic carbocycles. The molecule has 19 heavy (non-hydrogen) atoms. The van der Waals surface area contributed by atoms with E-state index >= 15 is 0 Å². The van der Waals surface area contributed by atoms with E-state index < -0.39 is 0 Å². The molecule has 0 unspecified atom stereocenters. The maximum atomic E-state index is 12.5. The highest BCUT2D eigenvalue weighted by Crippen LogP contribution is 2.31. The van der Waals surface area contributed by atoms with Gasteiger partial charge in [0, 0.05) is 31.2 Å². The molecule has 4 heteroatoms. The highest BCUT2D eigenvalue weighted by Gasteiger charge is 2.26. The monoisotopic (exact) mass is 257 g/mol. The number of hydrogen-bond acceptors (Lipinski definition) is 3. The Morgan fingerprint density at radius 2 is 2.11 bits per heavy atom. The SMILES string of the molecule is CN1CCc2c(cc(C#N)c(=O)n2C2CCCC2)C1. The van der Waals surface area contributed by atoms with Gasteiger partial charge in [-0.25, -0.2) is 0 Å². The molecule has 1 saturated carbocycles. The normalized spacial score (nSPS) is 20.2. The second-order valence-electron chi connectivity index (χ2n) is 5.74. The van der Waals surface area contributed by atoms with Gasteiger partial charge in [0.2, 0.25) is 0 Å². The average molecular weight is 257 g/mol. The Bertz CT molecular complexity index is 591. The minimum atomic E-state index is -0.0716. The van der Waals surface area contributed by atoms with Crippen molar-refractivity contribution in [1.29, 1.82) is 5.26 Å². The van der Waals surface area contributed by atoms with E-state index in [4.69, 9.17) is 0 Å². The van der Waals surface area contributed by atoms with Crippen LogP contribution >= 0.6 is 0 Å². The second-order valence-corrected chi connectivity index (χ2v) is 5.74. The van der Waals surface area contributed by atoms with Crippen LogP contribution in [-0.2, 0) is 13.0 Å². The van der Waals surface area contributed by atoms with Gasteiger partial charge in [0.1, 0.15) is 11.6 Å². The average Bonchev–Trinajstić information content (AvgIpc) is 2.92. The molecule has 1 aromatic rings. The van der Waals surface area contributed by atoms with Crippen LogP contribution in [0.1, 0.15) is 48.5 Å². The molecule has 0 atom stereocenters. The fraction of sp³-hybridized carbons (Fsp3) is 0.600. The summed E-state index contributed by atoms with van der Waals surface area (Å²) in [7, 11) is 2.08. The van der Waals surface area contributed by atoms with Crippen LogP contribution in [-0.4, -0.2) is 23.1 Å². The quantitative estimate of drug-likeness (QED) is 0.771. The van der Waals surface area contributed by atoms with Crippen LogP contribution in [0.3, 0.4) is 0 Å². The van der Waals surface area contributed by atoms with E-state index in [0.29, 0.717) is 11.6 Å². The number of aromatic nitrogens is 1. The van der Waals surface area contributed by atoms with Crippen LogP contribution in [0.25, 0.3) is 0 Å². The van der Waals surface area contributed by atoms with Crippen LogP contribution < -0.4 is 5.56 Å². The molecule has 2 heterocycles. The first-order chi connectivity index (χ1) is 9.20. The summed E-state index contributed by atoms with van der Waals surface area (Å²) in [4.78, 5) is 14.7. The van der Waals surface area contributed by atoms with Gasteiger partial charge in [0.15, 0.2) is 0 Å². The molecule has 0 saturated heterocycles. The number of rotatable bonds is 1. The molecule has 0 radical (unpaired) electrons. The van der Waals surface area contributed by atoms with Crippen molar-refractivity contribution in [3.63, 3.8) is 0 Å². The molecule has 2 aliphatic rings. The van der Waals surface area contributed by atoms with Gasteiger partial charge in [-0.3, -0.25) is 4.79 Å². The summed E-state index contributed by atoms with van der Waals surface area (Å²) in [5.74, 6) is 0. The predicted molar refractivity (Wildman–Crippen MR) is 73.0 cm³/mol. The van der Waals surface area contributed by atoms with E-state index in [-0.39, 0.29) is 5.56 Å². The summed E-state index contributed by atoms with van der Waals surface area (Å²) < 4.78 is 1.95. The van der Waals surface area contributed by atoms with E-state index in [0.717, 1.165) is 37.9 Å². The van der Waals surface area contributed by atoms with E-state index in [2.05, 4.69) is 18.0 Å². The van der Waals surface area contributed by atoms with Gasteiger partial charge in [-0.2, -0.15) is 5.26 Å². The molecule has 0 aromatic carbocycles. The highest BCUT2D eigenvalue weighted by molar-refractivity contribution is 5.36. The number of fused-ring (bicyclic) bond motifs is 1. The van der Waals surface area contributed by atoms with Crippen molar-refractivity contribution in [3.05, 3.63) is 33.2 Å². The van der Waals surface area contributed by atoms with Crippen LogP contribution in [0.15, 0.2) is 10.9 Å². The molecule has 0 bridgehead atoms. The van der Waals surface area contributed by atoms with Crippen molar-refractivity contribution in [3.8, 4) is 6.07 Å². The van der Waals surface area contributed by atoms with Crippen molar-refractivity contribution in [1.82, 2.24) is 9.47 Å². The lowest BCUT2D eigenvalue weighted by atomic mass is 10.0. The second kappa shape index (κ2) is 4.82. The molecule has 0 amide bonds. The fourth-order valence-electron chi connectivity index (χ4n) is 3.44. The first-order valence-corrected chi connectivity index (χ1v) is 7.06. The molecular formula is C15H19N3O. The van der Waals surface area contributed by atoms with Crippen LogP contribution in [0.2, 0.25) is 0 Å². The lowest BCUT2D eigenvalue weighted by Gasteiger charge is -2.29. The third kappa shape index (κ3) is 2.08. The standard InChI is InChI=1S/C15H19N3O/c1-17-7-6-14-12(10-17)8-11(9-16)15(19)18(14)13-4-2-3-5-13/h8,13H,2-7,10H2,1H3. The van der Waals surface area contributed by atoms with Gasteiger partial charge < -0.3 is 9.47 Å². The van der Waals surface area contributed by atoms with Gasteiger partial charge in [-0.15, -0.1) is 0 Å². The molecule has 3 rings (SSSR count). The largest absolute Gasteiger partial charge is 0.308 e. The Balaban J connectivity index is 2.18. The maximum Gasteiger partial charge on any atom is 0.268 e. The summed E-state index contributed by atoms with van der Waals surface area (Å²) in [5, 5.41) is 9.18. The number of nitriles is 1. The summed E-state index contributed by atoms with van der Waals surface area (Å²) in [5.41, 5.74) is 2.57. The van der Waals surface area contributed by atoms with Crippen LogP contribution in [0, 0.1) is 11.3 Å². The molecule has 100 valence electrons. The molecule has 0 N–H and O–H groups in total. The van der Waals surface area contributed by atoms with Crippen molar-refractivity contribution in [2.45, 2.75) is 44.7 Å². The Labute approximate surface area is 113 Å². The molecule has 1 aromatic heterocycles. The Kier molecular flexibility index (Phi) is 3.16. The zero-order chi connectivity index (χ0) is 13.4. The summed E-state index contributed by atoms with van der Waals surface area (Å²) >= 11 is 0. The van der Waals surface area contributed by atoms with Crippen molar-refractivity contribution in [2.75, 3.05) is 13.6 Å². The van der Waals surface area contributed by atoms with Crippen molar-refractivity contribution in [2.24, 2.45) is 0 Å². The van der Waals surface area contributed by atoms with Gasteiger partial charge in [0.25, 0.3) is 5.56 Å². The third-order valence-electron chi connectivity index (χ3n) is 4.41. The Morgan fingerprint density at radius 3 is 2.79 bits per heavy atom. The predicted octanol–water partition coefficient (Wildman–Crippen LogP) is 1.82. The molecule has 0 spiro atoms. The smallest absolute Gasteiger partial charge is 0.268 e. The summed E-state index contributed by atoms with van der Waals surface area (Å²) in [6, 6.07) is 4.19. The maximum absolute atomic E-state index is 12.5. The van der Waals surface area contributed by atoms with E-state index in [1.54, 1.807) is 6.07 Å². The molecule has 4 nitrogen and oxygen atoms in total.